The van der Waals surface area contributed by atoms with E-state index in [-0.39, 0.29) is 5.41 Å². The Bertz CT molecular complexity index is 1940. The van der Waals surface area contributed by atoms with Crippen LogP contribution in [0.3, 0.4) is 0 Å². The van der Waals surface area contributed by atoms with Gasteiger partial charge in [-0.05, 0) is 74.5 Å². The minimum Gasteiger partial charge on any atom is -0.256 e. The zero-order valence-corrected chi connectivity index (χ0v) is 27.1. The van der Waals surface area contributed by atoms with E-state index < -0.39 is 0 Å². The van der Waals surface area contributed by atoms with Crippen molar-refractivity contribution in [3.05, 3.63) is 119 Å². The van der Waals surface area contributed by atoms with Crippen molar-refractivity contribution < 1.29 is 0 Å². The van der Waals surface area contributed by atoms with Gasteiger partial charge in [-0.2, -0.15) is 0 Å². The van der Waals surface area contributed by atoms with E-state index in [0.29, 0.717) is 11.8 Å². The molecule has 6 aromatic rings. The summed E-state index contributed by atoms with van der Waals surface area (Å²) in [4.78, 5) is 10.4. The molecular weight excluding hydrogens is 541 g/mol. The molecule has 0 aliphatic carbocycles. The molecule has 0 spiro atoms. The van der Waals surface area contributed by atoms with Crippen molar-refractivity contribution >= 4 is 44.2 Å². The molecule has 2 nitrogen and oxygen atoms in total. The number of aliphatic imine (C=N–C) groups is 1. The van der Waals surface area contributed by atoms with Crippen LogP contribution >= 0.6 is 11.3 Å². The Hall–Kier alpha value is -4.08. The van der Waals surface area contributed by atoms with E-state index >= 15 is 0 Å². The van der Waals surface area contributed by atoms with E-state index in [4.69, 9.17) is 9.98 Å². The van der Waals surface area contributed by atoms with Gasteiger partial charge in [0, 0.05) is 22.9 Å². The average Bonchev–Trinajstić information content (AvgIpc) is 3.43. The lowest BCUT2D eigenvalue weighted by molar-refractivity contribution is 0.591. The summed E-state index contributed by atoms with van der Waals surface area (Å²) in [5.41, 5.74) is 10.7. The van der Waals surface area contributed by atoms with Crippen LogP contribution in [0.4, 0.5) is 5.69 Å². The SMILES string of the molecule is CC(C)c1cc(-c2cc(C(C)(C)C)cc3sc(-c4ccccc4N=Cc4cccc5ccccc45)nc23)cc(C(C)C)c1. The largest absolute Gasteiger partial charge is 0.256 e. The van der Waals surface area contributed by atoms with E-state index in [1.54, 1.807) is 11.3 Å². The van der Waals surface area contributed by atoms with Gasteiger partial charge >= 0.3 is 0 Å². The van der Waals surface area contributed by atoms with Crippen molar-refractivity contribution in [1.82, 2.24) is 4.98 Å². The zero-order valence-electron chi connectivity index (χ0n) is 26.3. The molecule has 0 fully saturated rings. The van der Waals surface area contributed by atoms with Crippen LogP contribution in [0.2, 0.25) is 0 Å². The number of rotatable bonds is 6. The molecule has 0 saturated carbocycles. The Balaban J connectivity index is 1.51. The molecule has 43 heavy (non-hydrogen) atoms. The molecule has 216 valence electrons. The lowest BCUT2D eigenvalue weighted by Gasteiger charge is -2.21. The first-order valence-corrected chi connectivity index (χ1v) is 16.1. The first-order chi connectivity index (χ1) is 20.6. The van der Waals surface area contributed by atoms with Gasteiger partial charge in [-0.1, -0.05) is 121 Å². The normalized spacial score (nSPS) is 12.4. The van der Waals surface area contributed by atoms with E-state index in [1.165, 1.54) is 43.3 Å². The molecular formula is C40H40N2S. The maximum atomic E-state index is 5.34. The highest BCUT2D eigenvalue weighted by molar-refractivity contribution is 7.21. The highest BCUT2D eigenvalue weighted by atomic mass is 32.1. The molecule has 1 heterocycles. The predicted octanol–water partition coefficient (Wildman–Crippen LogP) is 12.1. The molecule has 6 rings (SSSR count). The predicted molar refractivity (Wildman–Crippen MR) is 189 cm³/mol. The number of nitrogens with zero attached hydrogens (tertiary/aromatic N) is 2. The number of thiazole rings is 1. The van der Waals surface area contributed by atoms with Gasteiger partial charge in [0.15, 0.2) is 0 Å². The van der Waals surface area contributed by atoms with E-state index in [9.17, 15) is 0 Å². The van der Waals surface area contributed by atoms with Crippen molar-refractivity contribution in [2.24, 2.45) is 4.99 Å². The topological polar surface area (TPSA) is 25.2 Å². The van der Waals surface area contributed by atoms with E-state index in [1.807, 2.05) is 6.21 Å². The fourth-order valence-electron chi connectivity index (χ4n) is 5.57. The first kappa shape index (κ1) is 29.0. The summed E-state index contributed by atoms with van der Waals surface area (Å²) in [7, 11) is 0. The lowest BCUT2D eigenvalue weighted by Crippen LogP contribution is -2.11. The quantitative estimate of drug-likeness (QED) is 0.180. The van der Waals surface area contributed by atoms with Crippen molar-refractivity contribution in [3.63, 3.8) is 0 Å². The Morgan fingerprint density at radius 1 is 0.721 bits per heavy atom. The van der Waals surface area contributed by atoms with Crippen molar-refractivity contribution in [1.29, 1.82) is 0 Å². The average molecular weight is 581 g/mol. The molecule has 0 aliphatic heterocycles. The van der Waals surface area contributed by atoms with Crippen LogP contribution < -0.4 is 0 Å². The summed E-state index contributed by atoms with van der Waals surface area (Å²) in [5, 5.41) is 3.42. The van der Waals surface area contributed by atoms with Gasteiger partial charge in [0.05, 0.1) is 15.9 Å². The summed E-state index contributed by atoms with van der Waals surface area (Å²) in [6.45, 7) is 16.0. The van der Waals surface area contributed by atoms with Gasteiger partial charge < -0.3 is 0 Å². The highest BCUT2D eigenvalue weighted by Gasteiger charge is 2.21. The number of benzene rings is 5. The lowest BCUT2D eigenvalue weighted by atomic mass is 9.84. The molecule has 3 heteroatoms. The zero-order chi connectivity index (χ0) is 30.3. The third-order valence-electron chi connectivity index (χ3n) is 8.28. The molecule has 0 atom stereocenters. The Morgan fingerprint density at radius 2 is 1.40 bits per heavy atom. The Morgan fingerprint density at radius 3 is 2.12 bits per heavy atom. The minimum absolute atomic E-state index is 0.0181. The maximum Gasteiger partial charge on any atom is 0.126 e. The van der Waals surface area contributed by atoms with Crippen LogP contribution in [-0.4, -0.2) is 11.2 Å². The van der Waals surface area contributed by atoms with Gasteiger partial charge in [-0.25, -0.2) is 4.98 Å². The number of hydrogen-bond acceptors (Lipinski definition) is 3. The van der Waals surface area contributed by atoms with Crippen LogP contribution in [-0.2, 0) is 5.41 Å². The Kier molecular flexibility index (Phi) is 7.79. The number of aromatic nitrogens is 1. The molecule has 5 aromatic carbocycles. The second kappa shape index (κ2) is 11.5. The van der Waals surface area contributed by atoms with Crippen LogP contribution in [0.5, 0.6) is 0 Å². The Labute approximate surface area is 260 Å². The van der Waals surface area contributed by atoms with Crippen LogP contribution in [0.15, 0.2) is 102 Å². The van der Waals surface area contributed by atoms with E-state index in [0.717, 1.165) is 27.3 Å². The molecule has 0 amide bonds. The number of hydrogen-bond donors (Lipinski definition) is 0. The third kappa shape index (κ3) is 5.92. The highest BCUT2D eigenvalue weighted by Crippen LogP contribution is 2.42. The third-order valence-corrected chi connectivity index (χ3v) is 9.32. The molecule has 0 saturated heterocycles. The smallest absolute Gasteiger partial charge is 0.126 e. The molecule has 0 aliphatic rings. The first-order valence-electron chi connectivity index (χ1n) is 15.3. The maximum absolute atomic E-state index is 5.34. The van der Waals surface area contributed by atoms with Gasteiger partial charge in [0.25, 0.3) is 0 Å². The standard InChI is InChI=1S/C40H40N2S/c1-25(2)29-19-30(26(3)4)21-31(20-29)35-22-32(40(5,6)7)23-37-38(35)42-39(43-37)34-17-10-11-18-36(34)41-24-28-15-12-14-27-13-8-9-16-33(27)28/h8-26H,1-7H3. The minimum atomic E-state index is 0.0181. The van der Waals surface area contributed by atoms with Gasteiger partial charge in [-0.3, -0.25) is 4.99 Å². The summed E-state index contributed by atoms with van der Waals surface area (Å²) in [5.74, 6) is 0.910. The second-order valence-corrected chi connectivity index (χ2v) is 14.2. The van der Waals surface area contributed by atoms with Crippen LogP contribution in [0, 0.1) is 0 Å². The summed E-state index contributed by atoms with van der Waals surface area (Å²) >= 11 is 1.76. The molecule has 0 unspecified atom stereocenters. The fourth-order valence-corrected chi connectivity index (χ4v) is 6.63. The number of fused-ring (bicyclic) bond motifs is 2. The van der Waals surface area contributed by atoms with Crippen molar-refractivity contribution in [2.75, 3.05) is 0 Å². The molecule has 1 aromatic heterocycles. The molecule has 0 radical (unpaired) electrons. The van der Waals surface area contributed by atoms with Gasteiger partial charge in [-0.15, -0.1) is 11.3 Å². The van der Waals surface area contributed by atoms with E-state index in [2.05, 4.69) is 146 Å². The van der Waals surface area contributed by atoms with Crippen molar-refractivity contribution in [3.8, 4) is 21.7 Å². The van der Waals surface area contributed by atoms with Gasteiger partial charge in [0.2, 0.25) is 0 Å². The van der Waals surface area contributed by atoms with Crippen molar-refractivity contribution in [2.45, 2.75) is 65.7 Å². The van der Waals surface area contributed by atoms with Gasteiger partial charge in [0.1, 0.15) is 5.01 Å². The monoisotopic (exact) mass is 580 g/mol. The second-order valence-electron chi connectivity index (χ2n) is 13.2. The fraction of sp³-hybridized carbons (Fsp3) is 0.250. The summed E-state index contributed by atoms with van der Waals surface area (Å²) in [6.07, 6.45) is 1.99. The summed E-state index contributed by atoms with van der Waals surface area (Å²) < 4.78 is 1.21. The molecule has 0 N–H and O–H groups in total. The van der Waals surface area contributed by atoms with Crippen LogP contribution in [0.25, 0.3) is 42.7 Å². The number of para-hydroxylation sites is 1. The van der Waals surface area contributed by atoms with Crippen LogP contribution in [0.1, 0.15) is 82.6 Å². The summed E-state index contributed by atoms with van der Waals surface area (Å²) in [6, 6.07) is 35.0. The molecule has 0 bridgehead atoms.